The van der Waals surface area contributed by atoms with Gasteiger partial charge in [-0.05, 0) is 42.7 Å². The van der Waals surface area contributed by atoms with Gasteiger partial charge in [0.05, 0.1) is 6.04 Å². The summed E-state index contributed by atoms with van der Waals surface area (Å²) in [6.07, 6.45) is -0.886. The summed E-state index contributed by atoms with van der Waals surface area (Å²) in [6, 6.07) is 8.45. The van der Waals surface area contributed by atoms with Gasteiger partial charge in [-0.1, -0.05) is 19.9 Å². The van der Waals surface area contributed by atoms with Crippen LogP contribution in [0.5, 0.6) is 17.2 Å². The summed E-state index contributed by atoms with van der Waals surface area (Å²) in [5, 5.41) is 2.96. The van der Waals surface area contributed by atoms with E-state index in [0.29, 0.717) is 24.7 Å². The molecule has 150 valence electrons. The number of carbonyl (C=O) groups is 1. The number of rotatable bonds is 6. The van der Waals surface area contributed by atoms with Crippen LogP contribution in [0.2, 0.25) is 0 Å². The average Bonchev–Trinajstić information content (AvgIpc) is 2.68. The molecule has 0 saturated heterocycles. The molecule has 3 rings (SSSR count). The number of fused-ring (bicyclic) bond motifs is 1. The molecule has 1 heterocycles. The van der Waals surface area contributed by atoms with Crippen molar-refractivity contribution < 1.29 is 27.8 Å². The number of hydrogen-bond acceptors (Lipinski definition) is 4. The molecule has 0 bridgehead atoms. The van der Waals surface area contributed by atoms with E-state index < -0.39 is 17.7 Å². The number of amides is 1. The topological polar surface area (TPSA) is 56.8 Å². The molecule has 2 aromatic carbocycles. The molecule has 0 radical (unpaired) electrons. The standard InChI is InChI=1S/C21H23F2NO4/c1-12(2)20(14-4-7-18-19(10-14)27-9-8-26-18)24-21(25)13(3)28-15-5-6-16(22)17(23)11-15/h4-7,10-13,20H,8-9H2,1-3H3,(H,24,25). The molecule has 0 spiro atoms. The van der Waals surface area contributed by atoms with Crippen molar-refractivity contribution in [2.45, 2.75) is 32.9 Å². The third-order valence-corrected chi connectivity index (χ3v) is 4.46. The van der Waals surface area contributed by atoms with Gasteiger partial charge in [-0.25, -0.2) is 8.78 Å². The van der Waals surface area contributed by atoms with E-state index in [4.69, 9.17) is 14.2 Å². The molecule has 2 aromatic rings. The Morgan fingerprint density at radius 3 is 2.39 bits per heavy atom. The first-order valence-electron chi connectivity index (χ1n) is 9.16. The Labute approximate surface area is 162 Å². The van der Waals surface area contributed by atoms with Crippen LogP contribution in [0.25, 0.3) is 0 Å². The summed E-state index contributed by atoms with van der Waals surface area (Å²) >= 11 is 0. The summed E-state index contributed by atoms with van der Waals surface area (Å²) in [4.78, 5) is 12.6. The Morgan fingerprint density at radius 1 is 1.00 bits per heavy atom. The van der Waals surface area contributed by atoms with Crippen LogP contribution < -0.4 is 19.5 Å². The van der Waals surface area contributed by atoms with E-state index >= 15 is 0 Å². The Morgan fingerprint density at radius 2 is 1.71 bits per heavy atom. The fraction of sp³-hybridized carbons (Fsp3) is 0.381. The quantitative estimate of drug-likeness (QED) is 0.808. The Hall–Kier alpha value is -2.83. The van der Waals surface area contributed by atoms with E-state index in [0.717, 1.165) is 17.7 Å². The Balaban J connectivity index is 1.71. The minimum atomic E-state index is -1.03. The molecular weight excluding hydrogens is 368 g/mol. The van der Waals surface area contributed by atoms with Crippen molar-refractivity contribution in [3.8, 4) is 17.2 Å². The normalized spacial score (nSPS) is 15.1. The molecule has 1 aliphatic heterocycles. The third-order valence-electron chi connectivity index (χ3n) is 4.46. The number of hydrogen-bond donors (Lipinski definition) is 1. The minimum Gasteiger partial charge on any atom is -0.486 e. The van der Waals surface area contributed by atoms with Gasteiger partial charge in [0.25, 0.3) is 5.91 Å². The zero-order valence-corrected chi connectivity index (χ0v) is 16.0. The maximum atomic E-state index is 13.3. The fourth-order valence-corrected chi connectivity index (χ4v) is 2.97. The number of ether oxygens (including phenoxy) is 3. The summed E-state index contributed by atoms with van der Waals surface area (Å²) < 4.78 is 43.0. The first-order chi connectivity index (χ1) is 13.3. The predicted octanol–water partition coefficient (Wildman–Crippen LogP) is 4.02. The monoisotopic (exact) mass is 391 g/mol. The van der Waals surface area contributed by atoms with Gasteiger partial charge >= 0.3 is 0 Å². The van der Waals surface area contributed by atoms with Gasteiger partial charge in [0.2, 0.25) is 0 Å². The van der Waals surface area contributed by atoms with Crippen LogP contribution in [0.4, 0.5) is 8.78 Å². The highest BCUT2D eigenvalue weighted by Crippen LogP contribution is 2.34. The molecule has 5 nitrogen and oxygen atoms in total. The van der Waals surface area contributed by atoms with Crippen LogP contribution in [-0.4, -0.2) is 25.2 Å². The molecule has 2 unspecified atom stereocenters. The van der Waals surface area contributed by atoms with Crippen molar-refractivity contribution in [2.75, 3.05) is 13.2 Å². The summed E-state index contributed by atoms with van der Waals surface area (Å²) in [5.74, 6) is -0.847. The number of halogens is 2. The first-order valence-corrected chi connectivity index (χ1v) is 9.16. The summed E-state index contributed by atoms with van der Waals surface area (Å²) in [7, 11) is 0. The smallest absolute Gasteiger partial charge is 0.261 e. The molecule has 0 aliphatic carbocycles. The largest absolute Gasteiger partial charge is 0.486 e. The van der Waals surface area contributed by atoms with Crippen molar-refractivity contribution in [1.29, 1.82) is 0 Å². The lowest BCUT2D eigenvalue weighted by Gasteiger charge is -2.26. The highest BCUT2D eigenvalue weighted by atomic mass is 19.2. The zero-order chi connectivity index (χ0) is 20.3. The second-order valence-corrected chi connectivity index (χ2v) is 6.97. The van der Waals surface area contributed by atoms with E-state index in [1.165, 1.54) is 6.07 Å². The van der Waals surface area contributed by atoms with Crippen molar-refractivity contribution in [2.24, 2.45) is 5.92 Å². The first kappa shape index (κ1) is 19.9. The maximum Gasteiger partial charge on any atom is 0.261 e. The van der Waals surface area contributed by atoms with Crippen LogP contribution in [0.1, 0.15) is 32.4 Å². The SMILES string of the molecule is CC(Oc1ccc(F)c(F)c1)C(=O)NC(c1ccc2c(c1)OCCO2)C(C)C. The van der Waals surface area contributed by atoms with Gasteiger partial charge in [0.1, 0.15) is 19.0 Å². The predicted molar refractivity (Wildman–Crippen MR) is 99.6 cm³/mol. The second kappa shape index (κ2) is 8.46. The number of nitrogens with one attached hydrogen (secondary N) is 1. The van der Waals surface area contributed by atoms with Gasteiger partial charge in [-0.15, -0.1) is 0 Å². The lowest BCUT2D eigenvalue weighted by Crippen LogP contribution is -2.40. The van der Waals surface area contributed by atoms with Crippen molar-refractivity contribution in [3.05, 3.63) is 53.6 Å². The van der Waals surface area contributed by atoms with Gasteiger partial charge < -0.3 is 19.5 Å². The van der Waals surface area contributed by atoms with Crippen molar-refractivity contribution in [3.63, 3.8) is 0 Å². The van der Waals surface area contributed by atoms with Crippen LogP contribution in [-0.2, 0) is 4.79 Å². The molecule has 0 aromatic heterocycles. The van der Waals surface area contributed by atoms with Crippen LogP contribution >= 0.6 is 0 Å². The Bertz CT molecular complexity index is 856. The van der Waals surface area contributed by atoms with E-state index in [-0.39, 0.29) is 23.6 Å². The highest BCUT2D eigenvalue weighted by molar-refractivity contribution is 5.81. The molecule has 0 fully saturated rings. The lowest BCUT2D eigenvalue weighted by molar-refractivity contribution is -0.128. The zero-order valence-electron chi connectivity index (χ0n) is 16.0. The number of benzene rings is 2. The van der Waals surface area contributed by atoms with Gasteiger partial charge in [0.15, 0.2) is 29.2 Å². The molecule has 1 aliphatic rings. The van der Waals surface area contributed by atoms with Crippen LogP contribution in [0, 0.1) is 17.6 Å². The minimum absolute atomic E-state index is 0.0852. The summed E-state index contributed by atoms with van der Waals surface area (Å²) in [5.41, 5.74) is 0.882. The van der Waals surface area contributed by atoms with Crippen molar-refractivity contribution >= 4 is 5.91 Å². The average molecular weight is 391 g/mol. The molecule has 28 heavy (non-hydrogen) atoms. The molecular formula is C21H23F2NO4. The Kier molecular flexibility index (Phi) is 6.02. The molecule has 7 heteroatoms. The molecule has 1 amide bonds. The van der Waals surface area contributed by atoms with E-state index in [1.807, 2.05) is 32.0 Å². The third kappa shape index (κ3) is 4.52. The lowest BCUT2D eigenvalue weighted by atomic mass is 9.95. The van der Waals surface area contributed by atoms with Gasteiger partial charge in [-0.3, -0.25) is 4.79 Å². The molecule has 0 saturated carbocycles. The molecule has 2 atom stereocenters. The van der Waals surface area contributed by atoms with E-state index in [2.05, 4.69) is 5.32 Å². The fourth-order valence-electron chi connectivity index (χ4n) is 2.97. The van der Waals surface area contributed by atoms with E-state index in [9.17, 15) is 13.6 Å². The summed E-state index contributed by atoms with van der Waals surface area (Å²) in [6.45, 7) is 6.52. The second-order valence-electron chi connectivity index (χ2n) is 6.97. The number of carbonyl (C=O) groups excluding carboxylic acids is 1. The maximum absolute atomic E-state index is 13.3. The highest BCUT2D eigenvalue weighted by Gasteiger charge is 2.24. The van der Waals surface area contributed by atoms with Gasteiger partial charge in [0, 0.05) is 6.07 Å². The van der Waals surface area contributed by atoms with Gasteiger partial charge in [-0.2, -0.15) is 0 Å². The van der Waals surface area contributed by atoms with E-state index in [1.54, 1.807) is 6.92 Å². The van der Waals surface area contributed by atoms with Crippen molar-refractivity contribution in [1.82, 2.24) is 5.32 Å². The molecule has 1 N–H and O–H groups in total. The van der Waals surface area contributed by atoms with Crippen LogP contribution in [0.3, 0.4) is 0 Å². The van der Waals surface area contributed by atoms with Crippen LogP contribution in [0.15, 0.2) is 36.4 Å².